The van der Waals surface area contributed by atoms with Gasteiger partial charge >= 0.3 is 5.97 Å². The van der Waals surface area contributed by atoms with E-state index in [0.717, 1.165) is 12.8 Å². The molecule has 3 aliphatic rings. The van der Waals surface area contributed by atoms with Crippen molar-refractivity contribution in [2.24, 2.45) is 5.73 Å². The first-order chi connectivity index (χ1) is 13.3. The third-order valence-electron chi connectivity index (χ3n) is 4.93. The zero-order valence-electron chi connectivity index (χ0n) is 15.1. The van der Waals surface area contributed by atoms with Crippen LogP contribution in [0.4, 0.5) is 0 Å². The van der Waals surface area contributed by atoms with Gasteiger partial charge in [0, 0.05) is 6.61 Å². The highest BCUT2D eigenvalue weighted by atomic mass is 16.8. The van der Waals surface area contributed by atoms with Gasteiger partial charge in [0.05, 0.1) is 0 Å². The Labute approximate surface area is 160 Å². The zero-order chi connectivity index (χ0) is 20.4. The lowest BCUT2D eigenvalue weighted by atomic mass is 9.98. The van der Waals surface area contributed by atoms with Crippen molar-refractivity contribution in [2.75, 3.05) is 13.2 Å². The fourth-order valence-electron chi connectivity index (χ4n) is 3.24. The van der Waals surface area contributed by atoms with Crippen LogP contribution in [0.3, 0.4) is 0 Å². The summed E-state index contributed by atoms with van der Waals surface area (Å²) in [6.45, 7) is 0.723. The molecule has 3 fully saturated rings. The van der Waals surface area contributed by atoms with E-state index in [0.29, 0.717) is 13.0 Å². The number of nitrogens with two attached hydrogens (primary N) is 1. The van der Waals surface area contributed by atoms with Crippen molar-refractivity contribution >= 4 is 5.97 Å². The molecule has 3 saturated heterocycles. The van der Waals surface area contributed by atoms with E-state index < -0.39 is 67.6 Å². The molecule has 3 aliphatic heterocycles. The van der Waals surface area contributed by atoms with E-state index in [4.69, 9.17) is 29.4 Å². The zero-order valence-corrected chi connectivity index (χ0v) is 15.1. The molecular weight excluding hydrogens is 382 g/mol. The summed E-state index contributed by atoms with van der Waals surface area (Å²) in [5, 5.41) is 50.0. The van der Waals surface area contributed by atoms with Crippen molar-refractivity contribution < 1.29 is 54.0 Å². The average Bonchev–Trinajstić information content (AvgIpc) is 3.43. The molecule has 0 saturated carbocycles. The van der Waals surface area contributed by atoms with Gasteiger partial charge < -0.3 is 55.0 Å². The summed E-state index contributed by atoms with van der Waals surface area (Å²) in [6.07, 6.45) is -11.5. The molecule has 0 aliphatic carbocycles. The van der Waals surface area contributed by atoms with Gasteiger partial charge in [-0.3, -0.25) is 0 Å². The predicted molar refractivity (Wildman–Crippen MR) is 87.6 cm³/mol. The molecular formula is C16H27NO11. The number of aliphatic carboxylic acids is 1. The molecule has 3 heterocycles. The minimum absolute atomic E-state index is 0.184. The maximum atomic E-state index is 11.6. The molecule has 7 N–H and O–H groups in total. The topological polar surface area (TPSA) is 194 Å². The van der Waals surface area contributed by atoms with Crippen LogP contribution < -0.4 is 5.73 Å². The number of rotatable bonds is 9. The Hall–Kier alpha value is -0.930. The molecule has 8 unspecified atom stereocenters. The number of epoxide rings is 1. The number of hydrogen-bond acceptors (Lipinski definition) is 11. The number of fused-ring (bicyclic) bond motifs is 1. The number of carboxylic acids is 1. The van der Waals surface area contributed by atoms with Gasteiger partial charge in [0.15, 0.2) is 25.0 Å². The lowest BCUT2D eigenvalue weighted by molar-refractivity contribution is -0.336. The Morgan fingerprint density at radius 2 is 1.61 bits per heavy atom. The lowest BCUT2D eigenvalue weighted by Gasteiger charge is -2.42. The molecule has 0 aromatic carbocycles. The molecule has 0 bridgehead atoms. The van der Waals surface area contributed by atoms with Crippen LogP contribution >= 0.6 is 0 Å². The van der Waals surface area contributed by atoms with Crippen LogP contribution in [0.25, 0.3) is 0 Å². The standard InChI is InChI=1S/C16H27NO11/c17-4-2-1-3-5-24-14-8(20)6(18)10(12(27-14)13(22)23)25-15-9(21)7(19)11-16(26-11)28-15/h6-12,14-16,18-21H,1-5,17H2,(H,22,23)/t6?,7?,8?,9?,10-,11?,12?,14+,15?,16?/m1/s1. The Morgan fingerprint density at radius 1 is 0.893 bits per heavy atom. The Kier molecular flexibility index (Phi) is 7.20. The summed E-state index contributed by atoms with van der Waals surface area (Å²) in [5.41, 5.74) is 5.40. The highest BCUT2D eigenvalue weighted by Crippen LogP contribution is 2.37. The summed E-state index contributed by atoms with van der Waals surface area (Å²) >= 11 is 0. The Bertz CT molecular complexity index is 537. The van der Waals surface area contributed by atoms with E-state index in [2.05, 4.69) is 0 Å². The molecule has 12 heteroatoms. The SMILES string of the molecule is NCCCCCO[C@H]1OC(C(=O)O)[C@H](OC2OC3OC3C(O)C2O)C(O)C1O. The van der Waals surface area contributed by atoms with E-state index in [9.17, 15) is 30.3 Å². The van der Waals surface area contributed by atoms with E-state index in [1.54, 1.807) is 0 Å². The van der Waals surface area contributed by atoms with Crippen molar-refractivity contribution in [1.29, 1.82) is 0 Å². The molecule has 12 nitrogen and oxygen atoms in total. The maximum Gasteiger partial charge on any atom is 0.335 e. The molecule has 0 radical (unpaired) electrons. The summed E-state index contributed by atoms with van der Waals surface area (Å²) in [5.74, 6) is -1.46. The molecule has 28 heavy (non-hydrogen) atoms. The van der Waals surface area contributed by atoms with Crippen LogP contribution in [0.5, 0.6) is 0 Å². The van der Waals surface area contributed by atoms with Crippen LogP contribution in [-0.4, -0.2) is 106 Å². The minimum Gasteiger partial charge on any atom is -0.479 e. The van der Waals surface area contributed by atoms with Gasteiger partial charge in [-0.2, -0.15) is 0 Å². The van der Waals surface area contributed by atoms with Gasteiger partial charge in [0.25, 0.3) is 0 Å². The first-order valence-electron chi connectivity index (χ1n) is 9.23. The normalized spacial score (nSPS) is 45.5. The van der Waals surface area contributed by atoms with Gasteiger partial charge in [-0.05, 0) is 25.8 Å². The van der Waals surface area contributed by atoms with Gasteiger partial charge in [-0.25, -0.2) is 4.79 Å². The van der Waals surface area contributed by atoms with Gasteiger partial charge in [-0.15, -0.1) is 0 Å². The number of aliphatic hydroxyl groups is 4. The molecule has 0 aromatic rings. The lowest BCUT2D eigenvalue weighted by Crippen LogP contribution is -2.63. The number of aliphatic hydroxyl groups excluding tert-OH is 4. The second-order valence-corrected chi connectivity index (χ2v) is 7.02. The predicted octanol–water partition coefficient (Wildman–Crippen LogP) is -3.15. The quantitative estimate of drug-likeness (QED) is 0.166. The van der Waals surface area contributed by atoms with Crippen molar-refractivity contribution in [1.82, 2.24) is 0 Å². The minimum atomic E-state index is -1.70. The fourth-order valence-corrected chi connectivity index (χ4v) is 3.24. The van der Waals surface area contributed by atoms with Crippen molar-refractivity contribution in [3.63, 3.8) is 0 Å². The van der Waals surface area contributed by atoms with Crippen LogP contribution in [0.15, 0.2) is 0 Å². The van der Waals surface area contributed by atoms with E-state index >= 15 is 0 Å². The highest BCUT2D eigenvalue weighted by Gasteiger charge is 2.58. The maximum absolute atomic E-state index is 11.6. The van der Waals surface area contributed by atoms with E-state index in [1.165, 1.54) is 0 Å². The van der Waals surface area contributed by atoms with Crippen LogP contribution in [0.2, 0.25) is 0 Å². The Morgan fingerprint density at radius 3 is 2.29 bits per heavy atom. The molecule has 0 amide bonds. The van der Waals surface area contributed by atoms with Crippen molar-refractivity contribution in [3.8, 4) is 0 Å². The van der Waals surface area contributed by atoms with E-state index in [1.807, 2.05) is 0 Å². The summed E-state index contributed by atoms with van der Waals surface area (Å²) < 4.78 is 26.3. The highest BCUT2D eigenvalue weighted by molar-refractivity contribution is 5.73. The van der Waals surface area contributed by atoms with Crippen LogP contribution in [0, 0.1) is 0 Å². The molecule has 162 valence electrons. The number of hydrogen-bond donors (Lipinski definition) is 6. The monoisotopic (exact) mass is 409 g/mol. The molecule has 0 spiro atoms. The second-order valence-electron chi connectivity index (χ2n) is 7.02. The molecule has 0 aromatic heterocycles. The number of carbonyl (C=O) groups is 1. The summed E-state index contributed by atoms with van der Waals surface area (Å²) in [7, 11) is 0. The van der Waals surface area contributed by atoms with Crippen LogP contribution in [-0.2, 0) is 28.5 Å². The van der Waals surface area contributed by atoms with Gasteiger partial charge in [0.1, 0.15) is 36.6 Å². The number of ether oxygens (including phenoxy) is 5. The first kappa shape index (κ1) is 21.8. The van der Waals surface area contributed by atoms with Crippen LogP contribution in [0.1, 0.15) is 19.3 Å². The molecule has 10 atom stereocenters. The van der Waals surface area contributed by atoms with Crippen molar-refractivity contribution in [2.45, 2.75) is 80.9 Å². The van der Waals surface area contributed by atoms with E-state index in [-0.39, 0.29) is 6.61 Å². The molecule has 3 rings (SSSR count). The van der Waals surface area contributed by atoms with Gasteiger partial charge in [-0.1, -0.05) is 0 Å². The largest absolute Gasteiger partial charge is 0.479 e. The fraction of sp³-hybridized carbons (Fsp3) is 0.938. The third kappa shape index (κ3) is 4.62. The Balaban J connectivity index is 1.60. The third-order valence-corrected chi connectivity index (χ3v) is 4.93. The smallest absolute Gasteiger partial charge is 0.335 e. The average molecular weight is 409 g/mol. The summed E-state index contributed by atoms with van der Waals surface area (Å²) in [6, 6.07) is 0. The van der Waals surface area contributed by atoms with Crippen molar-refractivity contribution in [3.05, 3.63) is 0 Å². The van der Waals surface area contributed by atoms with Gasteiger partial charge in [0.2, 0.25) is 0 Å². The second kappa shape index (κ2) is 9.26. The first-order valence-corrected chi connectivity index (χ1v) is 9.23. The number of carboxylic acid groups (broad SMARTS) is 1. The summed E-state index contributed by atoms with van der Waals surface area (Å²) in [4.78, 5) is 11.6. The number of unbranched alkanes of at least 4 members (excludes halogenated alkanes) is 2.